The minimum absolute atomic E-state index is 0.00299. The molecule has 0 saturated carbocycles. The zero-order valence-corrected chi connectivity index (χ0v) is 16.3. The molecule has 27 heavy (non-hydrogen) atoms. The van der Waals surface area contributed by atoms with E-state index in [0.717, 1.165) is 5.82 Å². The molecule has 0 aliphatic carbocycles. The highest BCUT2D eigenvalue weighted by Gasteiger charge is 2.26. The fourth-order valence-corrected chi connectivity index (χ4v) is 2.82. The van der Waals surface area contributed by atoms with E-state index in [0.29, 0.717) is 58.2 Å². The van der Waals surface area contributed by atoms with E-state index in [1.807, 2.05) is 17.9 Å². The number of pyridine rings is 1. The molecule has 1 aromatic heterocycles. The summed E-state index contributed by atoms with van der Waals surface area (Å²) >= 11 is 0. The first-order chi connectivity index (χ1) is 13.1. The van der Waals surface area contributed by atoms with E-state index in [1.165, 1.54) is 6.20 Å². The van der Waals surface area contributed by atoms with Crippen LogP contribution in [0.1, 0.15) is 31.1 Å². The second-order valence-corrected chi connectivity index (χ2v) is 6.15. The normalized spacial score (nSPS) is 15.5. The standard InChI is InChI=1S/C19H29N3O5/c1-4-25-12-13-27-15(3)18(23)22-10-8-21(9-11-22)17-7-6-16(14-20-17)19(24)26-5-2/h6-7,14-15H,4-5,8-13H2,1-3H3. The lowest BCUT2D eigenvalue weighted by atomic mass is 10.2. The highest BCUT2D eigenvalue weighted by molar-refractivity contribution is 5.89. The first-order valence-corrected chi connectivity index (χ1v) is 9.43. The van der Waals surface area contributed by atoms with Crippen LogP contribution in [-0.2, 0) is 19.0 Å². The van der Waals surface area contributed by atoms with Crippen LogP contribution in [0.3, 0.4) is 0 Å². The molecule has 1 aliphatic heterocycles. The zero-order valence-electron chi connectivity index (χ0n) is 16.3. The van der Waals surface area contributed by atoms with Gasteiger partial charge in [0.1, 0.15) is 11.9 Å². The average Bonchev–Trinajstić information content (AvgIpc) is 2.71. The number of carbonyl (C=O) groups excluding carboxylic acids is 2. The number of nitrogens with zero attached hydrogens (tertiary/aromatic N) is 3. The third-order valence-electron chi connectivity index (χ3n) is 4.32. The SMILES string of the molecule is CCOCCOC(C)C(=O)N1CCN(c2ccc(C(=O)OCC)cn2)CC1. The molecule has 1 atom stereocenters. The summed E-state index contributed by atoms with van der Waals surface area (Å²) in [5, 5.41) is 0. The van der Waals surface area contributed by atoms with Crippen LogP contribution in [0.4, 0.5) is 5.82 Å². The molecular formula is C19H29N3O5. The van der Waals surface area contributed by atoms with Crippen molar-refractivity contribution in [3.63, 3.8) is 0 Å². The summed E-state index contributed by atoms with van der Waals surface area (Å²) in [7, 11) is 0. The Kier molecular flexibility index (Phi) is 8.47. The van der Waals surface area contributed by atoms with Gasteiger partial charge in [-0.15, -0.1) is 0 Å². The first kappa shape index (κ1) is 21.1. The first-order valence-electron chi connectivity index (χ1n) is 9.43. The van der Waals surface area contributed by atoms with Gasteiger partial charge in [-0.1, -0.05) is 0 Å². The fourth-order valence-electron chi connectivity index (χ4n) is 2.82. The van der Waals surface area contributed by atoms with Crippen molar-refractivity contribution in [2.75, 3.05) is 57.5 Å². The van der Waals surface area contributed by atoms with Crippen LogP contribution in [-0.4, -0.2) is 80.5 Å². The zero-order chi connectivity index (χ0) is 19.6. The number of anilines is 1. The van der Waals surface area contributed by atoms with Crippen molar-refractivity contribution in [2.45, 2.75) is 26.9 Å². The number of hydrogen-bond acceptors (Lipinski definition) is 7. The highest BCUT2D eigenvalue weighted by Crippen LogP contribution is 2.15. The predicted molar refractivity (Wildman–Crippen MR) is 101 cm³/mol. The van der Waals surface area contributed by atoms with Gasteiger partial charge in [-0.2, -0.15) is 0 Å². The minimum atomic E-state index is -0.473. The summed E-state index contributed by atoms with van der Waals surface area (Å²) in [5.74, 6) is 0.415. The van der Waals surface area contributed by atoms with Crippen LogP contribution in [0.15, 0.2) is 18.3 Å². The number of carbonyl (C=O) groups is 2. The Hall–Kier alpha value is -2.19. The van der Waals surface area contributed by atoms with Gasteiger partial charge in [0, 0.05) is 39.0 Å². The number of esters is 1. The molecule has 8 nitrogen and oxygen atoms in total. The Balaban J connectivity index is 1.80. The number of ether oxygens (including phenoxy) is 3. The van der Waals surface area contributed by atoms with Crippen LogP contribution in [0.2, 0.25) is 0 Å². The third kappa shape index (κ3) is 6.18. The van der Waals surface area contributed by atoms with Crippen molar-refractivity contribution in [2.24, 2.45) is 0 Å². The molecule has 0 aromatic carbocycles. The molecule has 1 fully saturated rings. The summed E-state index contributed by atoms with van der Waals surface area (Å²) in [6, 6.07) is 3.52. The Morgan fingerprint density at radius 3 is 2.44 bits per heavy atom. The van der Waals surface area contributed by atoms with E-state index in [-0.39, 0.29) is 11.9 Å². The Bertz CT molecular complexity index is 600. The lowest BCUT2D eigenvalue weighted by molar-refractivity contribution is -0.143. The largest absolute Gasteiger partial charge is 0.462 e. The summed E-state index contributed by atoms with van der Waals surface area (Å²) in [4.78, 5) is 32.4. The van der Waals surface area contributed by atoms with E-state index in [1.54, 1.807) is 19.9 Å². The summed E-state index contributed by atoms with van der Waals surface area (Å²) in [5.41, 5.74) is 0.437. The number of aromatic nitrogens is 1. The fraction of sp³-hybridized carbons (Fsp3) is 0.632. The molecule has 2 heterocycles. The van der Waals surface area contributed by atoms with Crippen LogP contribution in [0.25, 0.3) is 0 Å². The monoisotopic (exact) mass is 379 g/mol. The maximum Gasteiger partial charge on any atom is 0.339 e. The van der Waals surface area contributed by atoms with Gasteiger partial charge in [0.25, 0.3) is 5.91 Å². The maximum atomic E-state index is 12.5. The lowest BCUT2D eigenvalue weighted by Gasteiger charge is -2.36. The molecule has 1 unspecified atom stereocenters. The van der Waals surface area contributed by atoms with E-state index < -0.39 is 6.10 Å². The van der Waals surface area contributed by atoms with Crippen molar-refractivity contribution >= 4 is 17.7 Å². The lowest BCUT2D eigenvalue weighted by Crippen LogP contribution is -2.51. The molecule has 1 saturated heterocycles. The molecule has 0 radical (unpaired) electrons. The molecule has 0 N–H and O–H groups in total. The van der Waals surface area contributed by atoms with Gasteiger partial charge in [0.2, 0.25) is 0 Å². The molecule has 1 amide bonds. The molecule has 1 aromatic rings. The van der Waals surface area contributed by atoms with Crippen molar-refractivity contribution < 1.29 is 23.8 Å². The summed E-state index contributed by atoms with van der Waals surface area (Å²) in [6.45, 7) is 9.94. The summed E-state index contributed by atoms with van der Waals surface area (Å²) < 4.78 is 15.7. The number of amides is 1. The molecule has 2 rings (SSSR count). The Morgan fingerprint density at radius 2 is 1.85 bits per heavy atom. The van der Waals surface area contributed by atoms with Crippen molar-refractivity contribution in [1.29, 1.82) is 0 Å². The van der Waals surface area contributed by atoms with Crippen molar-refractivity contribution in [1.82, 2.24) is 9.88 Å². The van der Waals surface area contributed by atoms with Gasteiger partial charge in [-0.05, 0) is 32.9 Å². The van der Waals surface area contributed by atoms with Crippen molar-refractivity contribution in [3.05, 3.63) is 23.9 Å². The molecule has 8 heteroatoms. The highest BCUT2D eigenvalue weighted by atomic mass is 16.5. The van der Waals surface area contributed by atoms with E-state index >= 15 is 0 Å². The van der Waals surface area contributed by atoms with Crippen LogP contribution in [0.5, 0.6) is 0 Å². The Morgan fingerprint density at radius 1 is 1.11 bits per heavy atom. The van der Waals surface area contributed by atoms with Gasteiger partial charge in [0.15, 0.2) is 0 Å². The van der Waals surface area contributed by atoms with Gasteiger partial charge >= 0.3 is 5.97 Å². The quantitative estimate of drug-likeness (QED) is 0.473. The number of piperazine rings is 1. The van der Waals surface area contributed by atoms with Gasteiger partial charge < -0.3 is 24.0 Å². The molecule has 0 bridgehead atoms. The second-order valence-electron chi connectivity index (χ2n) is 6.15. The smallest absolute Gasteiger partial charge is 0.339 e. The molecule has 1 aliphatic rings. The molecule has 150 valence electrons. The van der Waals surface area contributed by atoms with Gasteiger partial charge in [-0.3, -0.25) is 4.79 Å². The maximum absolute atomic E-state index is 12.5. The van der Waals surface area contributed by atoms with E-state index in [2.05, 4.69) is 9.88 Å². The predicted octanol–water partition coefficient (Wildman–Crippen LogP) is 1.35. The minimum Gasteiger partial charge on any atom is -0.462 e. The number of rotatable bonds is 9. The molecular weight excluding hydrogens is 350 g/mol. The van der Waals surface area contributed by atoms with Gasteiger partial charge in [0.05, 0.1) is 25.4 Å². The number of hydrogen-bond donors (Lipinski definition) is 0. The van der Waals surface area contributed by atoms with E-state index in [9.17, 15) is 9.59 Å². The average molecular weight is 379 g/mol. The third-order valence-corrected chi connectivity index (χ3v) is 4.32. The topological polar surface area (TPSA) is 81.2 Å². The van der Waals surface area contributed by atoms with Gasteiger partial charge in [-0.25, -0.2) is 9.78 Å². The van der Waals surface area contributed by atoms with E-state index in [4.69, 9.17) is 14.2 Å². The summed E-state index contributed by atoms with van der Waals surface area (Å²) in [6.07, 6.45) is 1.05. The van der Waals surface area contributed by atoms with Crippen molar-refractivity contribution in [3.8, 4) is 0 Å². The van der Waals surface area contributed by atoms with Crippen LogP contribution in [0, 0.1) is 0 Å². The van der Waals surface area contributed by atoms with Crippen LogP contribution >= 0.6 is 0 Å². The van der Waals surface area contributed by atoms with Crippen LogP contribution < -0.4 is 4.90 Å². The second kappa shape index (κ2) is 10.8. The Labute approximate surface area is 160 Å². The molecule has 0 spiro atoms.